The number of aromatic nitrogens is 2. The molecular formula is C24H19FN4O2. The van der Waals surface area contributed by atoms with Gasteiger partial charge in [-0.3, -0.25) is 9.59 Å². The van der Waals surface area contributed by atoms with E-state index in [9.17, 15) is 14.0 Å². The lowest BCUT2D eigenvalue weighted by molar-refractivity contribution is 0.102. The maximum atomic E-state index is 13.4. The van der Waals surface area contributed by atoms with E-state index in [4.69, 9.17) is 0 Å². The SMILES string of the molecule is O=C(Nc1cccc(Cn2nc(Nc3cccc(F)c3)ccc2=O)c1)c1ccccc1. The number of hydrogen-bond donors (Lipinski definition) is 2. The molecule has 0 saturated carbocycles. The second kappa shape index (κ2) is 9.04. The molecule has 0 fully saturated rings. The Bertz CT molecular complexity index is 1270. The number of amides is 1. The van der Waals surface area contributed by atoms with Gasteiger partial charge in [-0.15, -0.1) is 0 Å². The highest BCUT2D eigenvalue weighted by molar-refractivity contribution is 6.04. The number of anilines is 3. The van der Waals surface area contributed by atoms with Crippen molar-refractivity contribution < 1.29 is 9.18 Å². The number of benzene rings is 3. The lowest BCUT2D eigenvalue weighted by Gasteiger charge is -2.11. The van der Waals surface area contributed by atoms with Gasteiger partial charge in [-0.1, -0.05) is 36.4 Å². The summed E-state index contributed by atoms with van der Waals surface area (Å²) in [6, 6.07) is 25.1. The molecule has 3 aromatic carbocycles. The standard InChI is InChI=1S/C24H19FN4O2/c25-19-9-5-11-21(15-19)26-22-12-13-23(30)29(28-22)16-17-6-4-10-20(14-17)27-24(31)18-7-2-1-3-8-18/h1-15H,16H2,(H,26,28)(H,27,31). The van der Waals surface area contributed by atoms with Crippen LogP contribution in [0.2, 0.25) is 0 Å². The predicted octanol–water partition coefficient (Wildman–Crippen LogP) is 4.43. The average molecular weight is 414 g/mol. The summed E-state index contributed by atoms with van der Waals surface area (Å²) < 4.78 is 14.7. The monoisotopic (exact) mass is 414 g/mol. The molecule has 1 amide bonds. The van der Waals surface area contributed by atoms with Gasteiger partial charge in [0, 0.05) is 23.0 Å². The Balaban J connectivity index is 1.50. The number of halogens is 1. The van der Waals surface area contributed by atoms with Crippen LogP contribution in [0.25, 0.3) is 0 Å². The van der Waals surface area contributed by atoms with Crippen LogP contribution in [0.15, 0.2) is 95.8 Å². The summed E-state index contributed by atoms with van der Waals surface area (Å²) in [7, 11) is 0. The van der Waals surface area contributed by atoms with E-state index >= 15 is 0 Å². The maximum Gasteiger partial charge on any atom is 0.267 e. The molecule has 0 aliphatic carbocycles. The van der Waals surface area contributed by atoms with Crippen LogP contribution >= 0.6 is 0 Å². The van der Waals surface area contributed by atoms with Crippen LogP contribution in [-0.4, -0.2) is 15.7 Å². The fourth-order valence-electron chi connectivity index (χ4n) is 3.06. The van der Waals surface area contributed by atoms with Gasteiger partial charge in [0.1, 0.15) is 5.82 Å². The van der Waals surface area contributed by atoms with Gasteiger partial charge < -0.3 is 10.6 Å². The molecule has 4 aromatic rings. The van der Waals surface area contributed by atoms with Crippen LogP contribution in [0, 0.1) is 5.82 Å². The largest absolute Gasteiger partial charge is 0.339 e. The van der Waals surface area contributed by atoms with E-state index in [1.54, 1.807) is 60.7 Å². The first kappa shape index (κ1) is 20.0. The molecule has 0 aliphatic heterocycles. The molecule has 0 bridgehead atoms. The van der Waals surface area contributed by atoms with Crippen LogP contribution in [0.4, 0.5) is 21.6 Å². The minimum Gasteiger partial charge on any atom is -0.339 e. The molecule has 0 radical (unpaired) electrons. The normalized spacial score (nSPS) is 10.5. The van der Waals surface area contributed by atoms with E-state index in [1.807, 2.05) is 12.1 Å². The molecule has 2 N–H and O–H groups in total. The van der Waals surface area contributed by atoms with Gasteiger partial charge in [-0.05, 0) is 54.1 Å². The predicted molar refractivity (Wildman–Crippen MR) is 118 cm³/mol. The van der Waals surface area contributed by atoms with E-state index in [1.165, 1.54) is 22.9 Å². The van der Waals surface area contributed by atoms with Gasteiger partial charge in [0.25, 0.3) is 11.5 Å². The smallest absolute Gasteiger partial charge is 0.267 e. The minimum atomic E-state index is -0.368. The van der Waals surface area contributed by atoms with Crippen LogP contribution in [0.3, 0.4) is 0 Å². The van der Waals surface area contributed by atoms with Crippen molar-refractivity contribution >= 4 is 23.1 Å². The van der Waals surface area contributed by atoms with Gasteiger partial charge in [0.05, 0.1) is 6.54 Å². The summed E-state index contributed by atoms with van der Waals surface area (Å²) in [6.45, 7) is 0.215. The van der Waals surface area contributed by atoms with E-state index in [-0.39, 0.29) is 23.8 Å². The lowest BCUT2D eigenvalue weighted by Crippen LogP contribution is -2.23. The Hall–Kier alpha value is -4.26. The fraction of sp³-hybridized carbons (Fsp3) is 0.0417. The molecule has 1 heterocycles. The lowest BCUT2D eigenvalue weighted by atomic mass is 10.1. The zero-order valence-electron chi connectivity index (χ0n) is 16.5. The summed E-state index contributed by atoms with van der Waals surface area (Å²) in [5.74, 6) is -0.166. The Morgan fingerprint density at radius 3 is 2.45 bits per heavy atom. The van der Waals surface area contributed by atoms with Crippen molar-refractivity contribution in [3.05, 3.63) is 118 Å². The highest BCUT2D eigenvalue weighted by Gasteiger charge is 2.07. The van der Waals surface area contributed by atoms with Crippen LogP contribution < -0.4 is 16.2 Å². The zero-order valence-corrected chi connectivity index (χ0v) is 16.5. The molecular weight excluding hydrogens is 395 g/mol. The fourth-order valence-corrected chi connectivity index (χ4v) is 3.06. The maximum absolute atomic E-state index is 13.4. The van der Waals surface area contributed by atoms with Crippen LogP contribution in [-0.2, 0) is 6.54 Å². The highest BCUT2D eigenvalue weighted by Crippen LogP contribution is 2.16. The van der Waals surface area contributed by atoms with Gasteiger partial charge in [0.2, 0.25) is 0 Å². The number of hydrogen-bond acceptors (Lipinski definition) is 4. The van der Waals surface area contributed by atoms with E-state index in [2.05, 4.69) is 15.7 Å². The molecule has 154 valence electrons. The summed E-state index contributed by atoms with van der Waals surface area (Å²) >= 11 is 0. The minimum absolute atomic E-state index is 0.214. The first-order chi connectivity index (χ1) is 15.1. The van der Waals surface area contributed by atoms with E-state index in [0.717, 1.165) is 5.56 Å². The Kier molecular flexibility index (Phi) is 5.84. The average Bonchev–Trinajstić information content (AvgIpc) is 2.77. The van der Waals surface area contributed by atoms with Crippen molar-refractivity contribution in [2.75, 3.05) is 10.6 Å². The van der Waals surface area contributed by atoms with Gasteiger partial charge in [0.15, 0.2) is 5.82 Å². The van der Waals surface area contributed by atoms with Crippen molar-refractivity contribution in [1.29, 1.82) is 0 Å². The van der Waals surface area contributed by atoms with Crippen LogP contribution in [0.1, 0.15) is 15.9 Å². The molecule has 6 nitrogen and oxygen atoms in total. The first-order valence-electron chi connectivity index (χ1n) is 9.63. The van der Waals surface area contributed by atoms with E-state index < -0.39 is 0 Å². The van der Waals surface area contributed by atoms with Gasteiger partial charge >= 0.3 is 0 Å². The van der Waals surface area contributed by atoms with Crippen molar-refractivity contribution in [2.45, 2.75) is 6.54 Å². The van der Waals surface area contributed by atoms with Gasteiger partial charge in [-0.2, -0.15) is 5.10 Å². The second-order valence-electron chi connectivity index (χ2n) is 6.87. The summed E-state index contributed by atoms with van der Waals surface area (Å²) in [6.07, 6.45) is 0. The third kappa shape index (κ3) is 5.22. The second-order valence-corrected chi connectivity index (χ2v) is 6.87. The molecule has 4 rings (SSSR count). The molecule has 0 unspecified atom stereocenters. The number of carbonyl (C=O) groups is 1. The molecule has 31 heavy (non-hydrogen) atoms. The van der Waals surface area contributed by atoms with Crippen molar-refractivity contribution in [2.24, 2.45) is 0 Å². The zero-order chi connectivity index (χ0) is 21.6. The molecule has 0 atom stereocenters. The number of nitrogens with one attached hydrogen (secondary N) is 2. The van der Waals surface area contributed by atoms with E-state index in [0.29, 0.717) is 22.8 Å². The molecule has 0 spiro atoms. The number of rotatable bonds is 6. The quantitative estimate of drug-likeness (QED) is 0.490. The third-order valence-corrected chi connectivity index (χ3v) is 4.52. The summed E-state index contributed by atoms with van der Waals surface area (Å²) in [5, 5.41) is 10.2. The first-order valence-corrected chi connectivity index (χ1v) is 9.63. The van der Waals surface area contributed by atoms with Crippen molar-refractivity contribution in [1.82, 2.24) is 9.78 Å². The Labute approximate surface area is 178 Å². The van der Waals surface area contributed by atoms with Crippen molar-refractivity contribution in [3.8, 4) is 0 Å². The van der Waals surface area contributed by atoms with Gasteiger partial charge in [-0.25, -0.2) is 9.07 Å². The molecule has 0 aliphatic rings. The molecule has 1 aromatic heterocycles. The third-order valence-electron chi connectivity index (χ3n) is 4.52. The topological polar surface area (TPSA) is 76.0 Å². The molecule has 7 heteroatoms. The summed E-state index contributed by atoms with van der Waals surface area (Å²) in [4.78, 5) is 24.6. The van der Waals surface area contributed by atoms with Crippen LogP contribution in [0.5, 0.6) is 0 Å². The Morgan fingerprint density at radius 1 is 0.871 bits per heavy atom. The highest BCUT2D eigenvalue weighted by atomic mass is 19.1. The van der Waals surface area contributed by atoms with Crippen molar-refractivity contribution in [3.63, 3.8) is 0 Å². The Morgan fingerprint density at radius 2 is 1.65 bits per heavy atom. The molecule has 0 saturated heterocycles. The summed E-state index contributed by atoms with van der Waals surface area (Å²) in [5.41, 5.74) is 2.23. The number of nitrogens with zero attached hydrogens (tertiary/aromatic N) is 2. The number of carbonyl (C=O) groups excluding carboxylic acids is 1.